The minimum atomic E-state index is -0.624. The third-order valence-electron chi connectivity index (χ3n) is 5.22. The summed E-state index contributed by atoms with van der Waals surface area (Å²) in [5.74, 6) is 0. The summed E-state index contributed by atoms with van der Waals surface area (Å²) in [6, 6.07) is 7.34. The van der Waals surface area contributed by atoms with Gasteiger partial charge in [0.2, 0.25) is 0 Å². The van der Waals surface area contributed by atoms with Crippen LogP contribution in [0.5, 0.6) is 0 Å². The second-order valence-electron chi connectivity index (χ2n) is 8.50. The molecule has 0 aromatic heterocycles. The van der Waals surface area contributed by atoms with Crippen LogP contribution in [0.2, 0.25) is 0 Å². The summed E-state index contributed by atoms with van der Waals surface area (Å²) in [5.41, 5.74) is 0.326. The highest BCUT2D eigenvalue weighted by Gasteiger charge is 2.36. The number of benzene rings is 1. The number of ether oxygens (including phenoxy) is 2. The van der Waals surface area contributed by atoms with Gasteiger partial charge in [-0.3, -0.25) is 19.9 Å². The normalized spacial score (nSPS) is 18.9. The number of carbonyl (C=O) groups is 1. The Balaban J connectivity index is 1.36. The molecule has 0 unspecified atom stereocenters. The van der Waals surface area contributed by atoms with E-state index < -0.39 is 11.8 Å². The fraction of sp³-hybridized carbons (Fsp3) is 0.650. The Kier molecular flexibility index (Phi) is 6.59. The van der Waals surface area contributed by atoms with Crippen molar-refractivity contribution in [2.45, 2.75) is 32.4 Å². The fourth-order valence-electron chi connectivity index (χ4n) is 3.66. The minimum Gasteiger partial charge on any atom is -0.433 e. The molecule has 1 aromatic carbocycles. The lowest BCUT2D eigenvalue weighted by Crippen LogP contribution is -2.63. The summed E-state index contributed by atoms with van der Waals surface area (Å²) >= 11 is 0. The number of nitrogens with zero attached hydrogens (tertiary/aromatic N) is 4. The van der Waals surface area contributed by atoms with Crippen LogP contribution in [0.3, 0.4) is 0 Å². The van der Waals surface area contributed by atoms with Crippen LogP contribution in [0.1, 0.15) is 20.8 Å². The van der Waals surface area contributed by atoms with Crippen LogP contribution in [0.25, 0.3) is 0 Å². The third-order valence-corrected chi connectivity index (χ3v) is 5.22. The molecule has 160 valence electrons. The van der Waals surface area contributed by atoms with E-state index in [0.717, 1.165) is 39.3 Å². The maximum Gasteiger partial charge on any atom is 0.508 e. The zero-order chi connectivity index (χ0) is 21.0. The Hall–Kier alpha value is -2.39. The maximum atomic E-state index is 11.6. The van der Waals surface area contributed by atoms with Gasteiger partial charge < -0.3 is 14.4 Å². The monoisotopic (exact) mass is 406 g/mol. The topological polar surface area (TPSA) is 88.4 Å². The average molecular weight is 406 g/mol. The molecule has 0 atom stereocenters. The smallest absolute Gasteiger partial charge is 0.433 e. The maximum absolute atomic E-state index is 11.6. The van der Waals surface area contributed by atoms with Gasteiger partial charge in [-0.1, -0.05) is 12.1 Å². The molecule has 3 rings (SSSR count). The predicted octanol–water partition coefficient (Wildman–Crippen LogP) is 2.35. The molecular formula is C20H30N4O5. The first-order valence-electron chi connectivity index (χ1n) is 10.0. The van der Waals surface area contributed by atoms with E-state index in [-0.39, 0.29) is 10.6 Å². The van der Waals surface area contributed by atoms with Gasteiger partial charge in [-0.25, -0.2) is 4.79 Å². The lowest BCUT2D eigenvalue weighted by atomic mass is 10.0. The summed E-state index contributed by atoms with van der Waals surface area (Å²) in [4.78, 5) is 29.3. The van der Waals surface area contributed by atoms with E-state index in [1.165, 1.54) is 0 Å². The molecule has 2 aliphatic heterocycles. The van der Waals surface area contributed by atoms with Crippen molar-refractivity contribution >= 4 is 17.5 Å². The summed E-state index contributed by atoms with van der Waals surface area (Å²) in [6.45, 7) is 11.8. The van der Waals surface area contributed by atoms with Gasteiger partial charge in [0.1, 0.15) is 17.9 Å². The van der Waals surface area contributed by atoms with Crippen LogP contribution in [0.4, 0.5) is 16.2 Å². The summed E-state index contributed by atoms with van der Waals surface area (Å²) in [7, 11) is 0. The molecule has 2 fully saturated rings. The Morgan fingerprint density at radius 2 is 1.83 bits per heavy atom. The van der Waals surface area contributed by atoms with Gasteiger partial charge in [-0.05, 0) is 26.8 Å². The first-order valence-corrected chi connectivity index (χ1v) is 10.0. The number of carbonyl (C=O) groups excluding carboxylic acids is 1. The molecule has 0 aliphatic carbocycles. The van der Waals surface area contributed by atoms with Crippen LogP contribution < -0.4 is 4.90 Å². The second-order valence-corrected chi connectivity index (χ2v) is 8.50. The van der Waals surface area contributed by atoms with E-state index in [0.29, 0.717) is 24.9 Å². The SMILES string of the molecule is CC(C)(C)OC(=O)OCCN1CCN(C2CN(c3ccccc3[N+](=O)[O-])C2)CC1. The molecule has 0 saturated carbocycles. The Morgan fingerprint density at radius 3 is 2.45 bits per heavy atom. The number of piperazine rings is 1. The van der Waals surface area contributed by atoms with Crippen LogP contribution >= 0.6 is 0 Å². The Bertz CT molecular complexity index is 722. The first-order chi connectivity index (χ1) is 13.7. The van der Waals surface area contributed by atoms with E-state index in [4.69, 9.17) is 9.47 Å². The highest BCUT2D eigenvalue weighted by Crippen LogP contribution is 2.32. The molecule has 0 N–H and O–H groups in total. The van der Waals surface area contributed by atoms with Crippen molar-refractivity contribution in [3.63, 3.8) is 0 Å². The number of para-hydroxylation sites is 2. The van der Waals surface area contributed by atoms with Crippen molar-refractivity contribution in [3.05, 3.63) is 34.4 Å². The Labute approximate surface area is 171 Å². The molecule has 9 nitrogen and oxygen atoms in total. The lowest BCUT2D eigenvalue weighted by Gasteiger charge is -2.48. The fourth-order valence-corrected chi connectivity index (χ4v) is 3.66. The minimum absolute atomic E-state index is 0.167. The summed E-state index contributed by atoms with van der Waals surface area (Å²) in [6.07, 6.45) is -0.624. The largest absolute Gasteiger partial charge is 0.508 e. The van der Waals surface area contributed by atoms with Gasteiger partial charge in [-0.15, -0.1) is 0 Å². The number of rotatable bonds is 6. The van der Waals surface area contributed by atoms with Crippen LogP contribution in [-0.2, 0) is 9.47 Å². The molecule has 0 spiro atoms. The molecule has 1 aromatic rings. The summed E-state index contributed by atoms with van der Waals surface area (Å²) in [5, 5.41) is 11.2. The second kappa shape index (κ2) is 8.96. The number of nitro benzene ring substituents is 1. The molecule has 2 aliphatic rings. The Morgan fingerprint density at radius 1 is 1.17 bits per heavy atom. The molecule has 2 saturated heterocycles. The molecule has 0 radical (unpaired) electrons. The molecule has 2 heterocycles. The average Bonchev–Trinajstić information content (AvgIpc) is 2.60. The number of anilines is 1. The van der Waals surface area contributed by atoms with Gasteiger partial charge >= 0.3 is 6.16 Å². The van der Waals surface area contributed by atoms with Crippen LogP contribution in [0, 0.1) is 10.1 Å². The van der Waals surface area contributed by atoms with Gasteiger partial charge in [0.25, 0.3) is 5.69 Å². The van der Waals surface area contributed by atoms with Crippen LogP contribution in [-0.4, -0.2) is 84.9 Å². The molecule has 0 bridgehead atoms. The van der Waals surface area contributed by atoms with Gasteiger partial charge in [0.05, 0.1) is 4.92 Å². The molecule has 9 heteroatoms. The quantitative estimate of drug-likeness (QED) is 0.404. The zero-order valence-corrected chi connectivity index (χ0v) is 17.4. The number of hydrogen-bond acceptors (Lipinski definition) is 8. The third kappa shape index (κ3) is 5.80. The standard InChI is InChI=1S/C20H30N4O5/c1-20(2,3)29-19(25)28-13-12-21-8-10-22(11-9-21)16-14-23(15-16)17-6-4-5-7-18(17)24(26)27/h4-7,16H,8-15H2,1-3H3. The van der Waals surface area contributed by atoms with E-state index in [9.17, 15) is 14.9 Å². The highest BCUT2D eigenvalue weighted by atomic mass is 16.7. The van der Waals surface area contributed by atoms with E-state index in [2.05, 4.69) is 14.7 Å². The van der Waals surface area contributed by atoms with Crippen molar-refractivity contribution in [2.24, 2.45) is 0 Å². The van der Waals surface area contributed by atoms with Gasteiger partial charge in [0.15, 0.2) is 0 Å². The number of hydrogen-bond donors (Lipinski definition) is 0. The molecule has 29 heavy (non-hydrogen) atoms. The molecule has 0 amide bonds. The van der Waals surface area contributed by atoms with Crippen molar-refractivity contribution in [2.75, 3.05) is 57.3 Å². The highest BCUT2D eigenvalue weighted by molar-refractivity contribution is 5.64. The summed E-state index contributed by atoms with van der Waals surface area (Å²) < 4.78 is 10.3. The van der Waals surface area contributed by atoms with Crippen molar-refractivity contribution in [1.82, 2.24) is 9.80 Å². The van der Waals surface area contributed by atoms with Gasteiger partial charge in [-0.2, -0.15) is 0 Å². The number of nitro groups is 1. The zero-order valence-electron chi connectivity index (χ0n) is 17.4. The van der Waals surface area contributed by atoms with Gasteiger partial charge in [0, 0.05) is 57.9 Å². The van der Waals surface area contributed by atoms with Crippen molar-refractivity contribution in [3.8, 4) is 0 Å². The van der Waals surface area contributed by atoms with Crippen molar-refractivity contribution in [1.29, 1.82) is 0 Å². The lowest BCUT2D eigenvalue weighted by molar-refractivity contribution is -0.384. The van der Waals surface area contributed by atoms with E-state index >= 15 is 0 Å². The predicted molar refractivity (Wildman–Crippen MR) is 109 cm³/mol. The first kappa shape index (κ1) is 21.3. The van der Waals surface area contributed by atoms with E-state index in [1.807, 2.05) is 32.9 Å². The molecular weight excluding hydrogens is 376 g/mol. The van der Waals surface area contributed by atoms with Crippen molar-refractivity contribution < 1.29 is 19.2 Å². The van der Waals surface area contributed by atoms with E-state index in [1.54, 1.807) is 12.1 Å². The van der Waals surface area contributed by atoms with Crippen LogP contribution in [0.15, 0.2) is 24.3 Å².